The first-order valence-corrected chi connectivity index (χ1v) is 21.6. The van der Waals surface area contributed by atoms with E-state index in [9.17, 15) is 39.6 Å². The van der Waals surface area contributed by atoms with Crippen LogP contribution in [-0.4, -0.2) is 50.4 Å². The topological polar surface area (TPSA) is 158 Å². The molecule has 2 unspecified atom stereocenters. The largest absolute Gasteiger partial charge is 0.489 e. The molecule has 4 aliphatic carbocycles. The smallest absolute Gasteiger partial charge is 0.313 e. The standard InChI is InChI=1S/C47H64O9/c1-33-14-12-17-34(36(33)19-6-10-23-45(28-29-45)41(50)51)15-5-3-9-25-47(43(54)55)32-39(47)56-38-21-13-18-35(16-4-2-8-22-44(26-27-44)40(48)49)37(38)20-7-11-24-46(30-31-46)42(52)53/h12-14,17-18,21,39H,2-11,15-16,19-20,22-32H2,1H3,(H,48,49)(H,50,51)(H,52,53)(H,54,55). The molecule has 2 aromatic rings. The molecule has 0 spiro atoms. The molecule has 0 saturated heterocycles. The van der Waals surface area contributed by atoms with Crippen molar-refractivity contribution in [3.8, 4) is 5.75 Å². The lowest BCUT2D eigenvalue weighted by Gasteiger charge is -2.19. The third-order valence-electron chi connectivity index (χ3n) is 14.2. The summed E-state index contributed by atoms with van der Waals surface area (Å²) in [6.45, 7) is 2.15. The van der Waals surface area contributed by atoms with E-state index in [1.165, 1.54) is 22.3 Å². The summed E-state index contributed by atoms with van der Waals surface area (Å²) in [5, 5.41) is 39.1. The average molecular weight is 773 g/mol. The molecule has 9 nitrogen and oxygen atoms in total. The summed E-state index contributed by atoms with van der Waals surface area (Å²) < 4.78 is 6.60. The molecule has 4 fully saturated rings. The third-order valence-corrected chi connectivity index (χ3v) is 14.2. The van der Waals surface area contributed by atoms with E-state index in [-0.39, 0.29) is 6.10 Å². The Bertz CT molecular complexity index is 1730. The minimum absolute atomic E-state index is 0.388. The molecular weight excluding hydrogens is 709 g/mol. The van der Waals surface area contributed by atoms with Crippen molar-refractivity contribution in [2.24, 2.45) is 21.7 Å². The fraction of sp³-hybridized carbons (Fsp3) is 0.660. The van der Waals surface area contributed by atoms with Crippen LogP contribution in [0.1, 0.15) is 163 Å². The van der Waals surface area contributed by atoms with Crippen molar-refractivity contribution in [3.63, 3.8) is 0 Å². The van der Waals surface area contributed by atoms with Crippen LogP contribution in [0.4, 0.5) is 0 Å². The average Bonchev–Trinajstić information content (AvgIpc) is 3.97. The Kier molecular flexibility index (Phi) is 13.2. The fourth-order valence-electron chi connectivity index (χ4n) is 9.35. The molecule has 9 heteroatoms. The molecule has 2 aromatic carbocycles. The Hall–Kier alpha value is -3.88. The molecule has 2 atom stereocenters. The molecule has 0 aromatic heterocycles. The monoisotopic (exact) mass is 772 g/mol. The zero-order valence-electron chi connectivity index (χ0n) is 33.5. The third kappa shape index (κ3) is 9.97. The molecule has 0 heterocycles. The van der Waals surface area contributed by atoms with Gasteiger partial charge in [0.2, 0.25) is 0 Å². The maximum Gasteiger partial charge on any atom is 0.313 e. The Labute approximate surface area is 332 Å². The van der Waals surface area contributed by atoms with Gasteiger partial charge in [0.15, 0.2) is 0 Å². The number of unbranched alkanes of at least 4 members (excludes halogenated alkanes) is 6. The van der Waals surface area contributed by atoms with E-state index in [1.54, 1.807) is 0 Å². The zero-order chi connectivity index (χ0) is 40.0. The van der Waals surface area contributed by atoms with Gasteiger partial charge in [-0.25, -0.2) is 0 Å². The molecule has 4 N–H and O–H groups in total. The highest BCUT2D eigenvalue weighted by Crippen LogP contribution is 2.54. The molecule has 6 rings (SSSR count). The summed E-state index contributed by atoms with van der Waals surface area (Å²) in [4.78, 5) is 47.6. The van der Waals surface area contributed by atoms with Gasteiger partial charge in [0.1, 0.15) is 17.3 Å². The zero-order valence-corrected chi connectivity index (χ0v) is 33.5. The normalized spacial score (nSPS) is 21.9. The van der Waals surface area contributed by atoms with Crippen molar-refractivity contribution in [1.82, 2.24) is 0 Å². The number of hydrogen-bond acceptors (Lipinski definition) is 5. The van der Waals surface area contributed by atoms with Crippen molar-refractivity contribution in [2.75, 3.05) is 0 Å². The van der Waals surface area contributed by atoms with Gasteiger partial charge in [0.25, 0.3) is 0 Å². The van der Waals surface area contributed by atoms with Crippen LogP contribution in [-0.2, 0) is 44.9 Å². The van der Waals surface area contributed by atoms with E-state index in [0.717, 1.165) is 153 Å². The predicted octanol–water partition coefficient (Wildman–Crippen LogP) is 10.1. The van der Waals surface area contributed by atoms with Gasteiger partial charge in [-0.2, -0.15) is 0 Å². The van der Waals surface area contributed by atoms with Gasteiger partial charge in [-0.05, 0) is 156 Å². The minimum atomic E-state index is -0.889. The van der Waals surface area contributed by atoms with Crippen molar-refractivity contribution < 1.29 is 44.3 Å². The van der Waals surface area contributed by atoms with Crippen LogP contribution in [0.3, 0.4) is 0 Å². The van der Waals surface area contributed by atoms with Crippen molar-refractivity contribution >= 4 is 23.9 Å². The SMILES string of the molecule is Cc1cccc(CCCCCC2(C(=O)O)CC2Oc2cccc(CCCCCC3(C(=O)O)CC3)c2CCCCC2(C(=O)O)CC2)c1CCCCC1(C(=O)O)CC1. The highest BCUT2D eigenvalue weighted by Gasteiger charge is 2.62. The first-order chi connectivity index (χ1) is 26.9. The molecular formula is C47H64O9. The van der Waals surface area contributed by atoms with E-state index < -0.39 is 45.5 Å². The van der Waals surface area contributed by atoms with Crippen LogP contribution in [0, 0.1) is 28.6 Å². The Morgan fingerprint density at radius 2 is 0.964 bits per heavy atom. The van der Waals surface area contributed by atoms with Gasteiger partial charge >= 0.3 is 23.9 Å². The highest BCUT2D eigenvalue weighted by molar-refractivity contribution is 5.80. The van der Waals surface area contributed by atoms with Crippen molar-refractivity contribution in [2.45, 2.75) is 174 Å². The van der Waals surface area contributed by atoms with E-state index in [2.05, 4.69) is 31.2 Å². The maximum absolute atomic E-state index is 12.7. The number of carboxylic acids is 4. The lowest BCUT2D eigenvalue weighted by molar-refractivity contribution is -0.145. The molecule has 4 aliphatic rings. The summed E-state index contributed by atoms with van der Waals surface area (Å²) in [6, 6.07) is 12.5. The Morgan fingerprint density at radius 3 is 1.45 bits per heavy atom. The summed E-state index contributed by atoms with van der Waals surface area (Å²) in [5.41, 5.74) is 3.90. The first-order valence-electron chi connectivity index (χ1n) is 21.6. The Morgan fingerprint density at radius 1 is 0.536 bits per heavy atom. The molecule has 0 aliphatic heterocycles. The number of aliphatic carboxylic acids is 4. The number of aryl methyl sites for hydroxylation is 3. The lowest BCUT2D eigenvalue weighted by Crippen LogP contribution is -2.22. The quantitative estimate of drug-likeness (QED) is 0.0618. The number of rotatable bonds is 28. The summed E-state index contributed by atoms with van der Waals surface area (Å²) in [6.07, 6.45) is 20.1. The molecule has 56 heavy (non-hydrogen) atoms. The van der Waals surface area contributed by atoms with Crippen LogP contribution < -0.4 is 4.74 Å². The minimum Gasteiger partial charge on any atom is -0.489 e. The lowest BCUT2D eigenvalue weighted by atomic mass is 9.91. The number of benzene rings is 2. The van der Waals surface area contributed by atoms with Gasteiger partial charge in [-0.1, -0.05) is 68.9 Å². The van der Waals surface area contributed by atoms with Gasteiger partial charge in [0.05, 0.1) is 16.2 Å². The molecule has 0 bridgehead atoms. The van der Waals surface area contributed by atoms with E-state index >= 15 is 0 Å². The second kappa shape index (κ2) is 17.7. The first kappa shape index (κ1) is 41.7. The van der Waals surface area contributed by atoms with Crippen LogP contribution in [0.15, 0.2) is 36.4 Å². The number of carbonyl (C=O) groups is 4. The second-order valence-corrected chi connectivity index (χ2v) is 18.2. The van der Waals surface area contributed by atoms with Gasteiger partial charge < -0.3 is 25.2 Å². The number of ether oxygens (including phenoxy) is 1. The van der Waals surface area contributed by atoms with Crippen LogP contribution in [0.5, 0.6) is 5.75 Å². The number of hydrogen-bond donors (Lipinski definition) is 4. The molecule has 0 amide bonds. The van der Waals surface area contributed by atoms with Gasteiger partial charge in [-0.15, -0.1) is 0 Å². The second-order valence-electron chi connectivity index (χ2n) is 18.2. The van der Waals surface area contributed by atoms with Crippen molar-refractivity contribution in [3.05, 3.63) is 64.2 Å². The molecule has 306 valence electrons. The highest BCUT2D eigenvalue weighted by atomic mass is 16.5. The van der Waals surface area contributed by atoms with Gasteiger partial charge in [-0.3, -0.25) is 19.2 Å². The molecule has 0 radical (unpaired) electrons. The van der Waals surface area contributed by atoms with Gasteiger partial charge in [0, 0.05) is 6.42 Å². The van der Waals surface area contributed by atoms with E-state index in [0.29, 0.717) is 19.3 Å². The van der Waals surface area contributed by atoms with E-state index in [1.807, 2.05) is 12.1 Å². The summed E-state index contributed by atoms with van der Waals surface area (Å²) in [5.74, 6) is -2.05. The van der Waals surface area contributed by atoms with Crippen molar-refractivity contribution in [1.29, 1.82) is 0 Å². The summed E-state index contributed by atoms with van der Waals surface area (Å²) >= 11 is 0. The van der Waals surface area contributed by atoms with Crippen LogP contribution in [0.25, 0.3) is 0 Å². The number of carboxylic acid groups (broad SMARTS) is 4. The van der Waals surface area contributed by atoms with Crippen LogP contribution >= 0.6 is 0 Å². The maximum atomic E-state index is 12.7. The van der Waals surface area contributed by atoms with E-state index in [4.69, 9.17) is 4.74 Å². The van der Waals surface area contributed by atoms with Crippen LogP contribution in [0.2, 0.25) is 0 Å². The fourth-order valence-corrected chi connectivity index (χ4v) is 9.35. The summed E-state index contributed by atoms with van der Waals surface area (Å²) in [7, 11) is 0. The molecule has 4 saturated carbocycles. The predicted molar refractivity (Wildman–Crippen MR) is 214 cm³/mol. The Balaban J connectivity index is 1.00.